The van der Waals surface area contributed by atoms with Gasteiger partial charge in [0.2, 0.25) is 0 Å². The van der Waals surface area contributed by atoms with Crippen LogP contribution in [0.25, 0.3) is 5.69 Å². The first kappa shape index (κ1) is 18.7. The molecule has 2 aliphatic heterocycles. The van der Waals surface area contributed by atoms with Gasteiger partial charge in [0, 0.05) is 23.9 Å². The number of piperidine rings is 1. The van der Waals surface area contributed by atoms with E-state index in [0.29, 0.717) is 6.42 Å². The summed E-state index contributed by atoms with van der Waals surface area (Å²) in [4.78, 5) is 15.9. The van der Waals surface area contributed by atoms with E-state index in [1.54, 1.807) is 0 Å². The molecule has 5 heteroatoms. The van der Waals surface area contributed by atoms with Crippen LogP contribution < -0.4 is 4.90 Å². The minimum absolute atomic E-state index is 0.0527. The van der Waals surface area contributed by atoms with E-state index in [9.17, 15) is 10.1 Å². The highest BCUT2D eigenvalue weighted by Crippen LogP contribution is 2.49. The van der Waals surface area contributed by atoms with E-state index in [2.05, 4.69) is 23.1 Å². The highest BCUT2D eigenvalue weighted by atomic mass is 16.1. The largest absolute Gasteiger partial charge is 0.351 e. The minimum atomic E-state index is -1.01. The lowest BCUT2D eigenvalue weighted by Gasteiger charge is -2.50. The van der Waals surface area contributed by atoms with Crippen molar-refractivity contribution in [2.75, 3.05) is 11.4 Å². The van der Waals surface area contributed by atoms with Gasteiger partial charge in [-0.3, -0.25) is 4.79 Å². The second-order valence-corrected chi connectivity index (χ2v) is 9.18. The van der Waals surface area contributed by atoms with Crippen molar-refractivity contribution in [2.24, 2.45) is 10.8 Å². The fourth-order valence-corrected chi connectivity index (χ4v) is 4.96. The SMILES string of the molecule is Cc1nn(-c2ccccc2)c2c1CC(C#N)(C(=O)C(C)(C)C)C1CCCCN21. The third-order valence-corrected chi connectivity index (χ3v) is 6.24. The summed E-state index contributed by atoms with van der Waals surface area (Å²) < 4.78 is 2.01. The van der Waals surface area contributed by atoms with Gasteiger partial charge in [-0.1, -0.05) is 39.0 Å². The number of Topliss-reactive ketones (excluding diaryl/α,β-unsaturated/α-hetero) is 1. The van der Waals surface area contributed by atoms with Crippen molar-refractivity contribution >= 4 is 11.6 Å². The van der Waals surface area contributed by atoms with Crippen molar-refractivity contribution in [2.45, 2.75) is 59.4 Å². The molecule has 0 spiro atoms. The Balaban J connectivity index is 1.93. The van der Waals surface area contributed by atoms with Gasteiger partial charge in [0.1, 0.15) is 11.2 Å². The number of hydrogen-bond acceptors (Lipinski definition) is 4. The van der Waals surface area contributed by atoms with Crippen molar-refractivity contribution < 1.29 is 4.79 Å². The highest BCUT2D eigenvalue weighted by Gasteiger charge is 2.56. The van der Waals surface area contributed by atoms with Crippen LogP contribution in [0.1, 0.15) is 51.3 Å². The first-order valence-electron chi connectivity index (χ1n) is 10.2. The molecule has 0 bridgehead atoms. The van der Waals surface area contributed by atoms with Crippen molar-refractivity contribution in [1.82, 2.24) is 9.78 Å². The maximum atomic E-state index is 13.5. The van der Waals surface area contributed by atoms with E-state index in [-0.39, 0.29) is 11.8 Å². The molecule has 0 amide bonds. The molecule has 2 atom stereocenters. The van der Waals surface area contributed by atoms with E-state index in [1.807, 2.05) is 50.6 Å². The average Bonchev–Trinajstić information content (AvgIpc) is 3.03. The lowest BCUT2D eigenvalue weighted by Crippen LogP contribution is -2.60. The number of nitriles is 1. The molecular formula is C23H28N4O. The zero-order valence-corrected chi connectivity index (χ0v) is 17.2. The summed E-state index contributed by atoms with van der Waals surface area (Å²) in [5.74, 6) is 1.12. The number of fused-ring (bicyclic) bond motifs is 3. The molecule has 2 aromatic rings. The second kappa shape index (κ2) is 6.48. The molecule has 28 heavy (non-hydrogen) atoms. The first-order valence-corrected chi connectivity index (χ1v) is 10.2. The number of carbonyl (C=O) groups excluding carboxylic acids is 1. The Morgan fingerprint density at radius 3 is 2.61 bits per heavy atom. The van der Waals surface area contributed by atoms with Gasteiger partial charge in [-0.25, -0.2) is 4.68 Å². The first-order chi connectivity index (χ1) is 13.3. The Hall–Kier alpha value is -2.61. The molecule has 1 aromatic carbocycles. The molecule has 1 aromatic heterocycles. The molecule has 3 heterocycles. The van der Waals surface area contributed by atoms with Gasteiger partial charge < -0.3 is 4.90 Å². The zero-order valence-electron chi connectivity index (χ0n) is 17.2. The Bertz CT molecular complexity index is 947. The van der Waals surface area contributed by atoms with Crippen LogP contribution in [0.5, 0.6) is 0 Å². The number of rotatable bonds is 2. The van der Waals surface area contributed by atoms with Crippen LogP contribution in [-0.4, -0.2) is 28.2 Å². The van der Waals surface area contributed by atoms with Gasteiger partial charge in [-0.05, 0) is 38.3 Å². The van der Waals surface area contributed by atoms with Crippen LogP contribution in [0.3, 0.4) is 0 Å². The summed E-state index contributed by atoms with van der Waals surface area (Å²) in [5, 5.41) is 15.2. The Morgan fingerprint density at radius 1 is 1.25 bits per heavy atom. The van der Waals surface area contributed by atoms with E-state index >= 15 is 0 Å². The van der Waals surface area contributed by atoms with Crippen LogP contribution >= 0.6 is 0 Å². The fraction of sp³-hybridized carbons (Fsp3) is 0.522. The minimum Gasteiger partial charge on any atom is -0.351 e. The highest BCUT2D eigenvalue weighted by molar-refractivity contribution is 5.94. The fourth-order valence-electron chi connectivity index (χ4n) is 4.96. The van der Waals surface area contributed by atoms with Crippen molar-refractivity contribution in [3.63, 3.8) is 0 Å². The number of nitrogens with zero attached hydrogens (tertiary/aromatic N) is 4. The van der Waals surface area contributed by atoms with Gasteiger partial charge in [0.05, 0.1) is 23.5 Å². The normalized spacial score (nSPS) is 24.2. The molecule has 2 aliphatic rings. The van der Waals surface area contributed by atoms with Crippen LogP contribution in [0, 0.1) is 29.1 Å². The lowest BCUT2D eigenvalue weighted by atomic mass is 9.62. The molecule has 0 aliphatic carbocycles. The number of benzene rings is 1. The molecule has 1 saturated heterocycles. The number of aromatic nitrogens is 2. The quantitative estimate of drug-likeness (QED) is 0.787. The molecule has 5 nitrogen and oxygen atoms in total. The standard InChI is InChI=1S/C23H28N4O/c1-16-18-14-23(15-24,21(28)22(2,3)4)19-12-8-9-13-26(19)20(18)27(25-16)17-10-6-5-7-11-17/h5-7,10-11,19H,8-9,12-14H2,1-4H3. The summed E-state index contributed by atoms with van der Waals surface area (Å²) in [6.45, 7) is 8.63. The Kier molecular flexibility index (Phi) is 4.33. The molecule has 0 N–H and O–H groups in total. The molecule has 1 fully saturated rings. The monoisotopic (exact) mass is 376 g/mol. The van der Waals surface area contributed by atoms with Crippen molar-refractivity contribution in [3.05, 3.63) is 41.6 Å². The second-order valence-electron chi connectivity index (χ2n) is 9.18. The maximum absolute atomic E-state index is 13.5. The topological polar surface area (TPSA) is 61.9 Å². The predicted molar refractivity (Wildman–Crippen MR) is 109 cm³/mol. The molecule has 0 radical (unpaired) electrons. The van der Waals surface area contributed by atoms with Crippen molar-refractivity contribution in [1.29, 1.82) is 5.26 Å². The van der Waals surface area contributed by atoms with Crippen LogP contribution in [-0.2, 0) is 11.2 Å². The van der Waals surface area contributed by atoms with Gasteiger partial charge in [0.25, 0.3) is 0 Å². The summed E-state index contributed by atoms with van der Waals surface area (Å²) in [6.07, 6.45) is 3.44. The molecule has 2 unspecified atom stereocenters. The summed E-state index contributed by atoms with van der Waals surface area (Å²) in [7, 11) is 0. The Morgan fingerprint density at radius 2 is 1.96 bits per heavy atom. The number of ketones is 1. The van der Waals surface area contributed by atoms with E-state index in [0.717, 1.165) is 48.6 Å². The van der Waals surface area contributed by atoms with Gasteiger partial charge >= 0.3 is 0 Å². The van der Waals surface area contributed by atoms with Crippen LogP contribution in [0.15, 0.2) is 30.3 Å². The smallest absolute Gasteiger partial charge is 0.160 e. The van der Waals surface area contributed by atoms with Crippen molar-refractivity contribution in [3.8, 4) is 11.8 Å². The van der Waals surface area contributed by atoms with E-state index in [4.69, 9.17) is 5.10 Å². The van der Waals surface area contributed by atoms with Gasteiger partial charge in [-0.2, -0.15) is 10.4 Å². The summed E-state index contributed by atoms with van der Waals surface area (Å²) in [6, 6.07) is 12.5. The number of carbonyl (C=O) groups is 1. The number of aryl methyl sites for hydroxylation is 1. The number of para-hydroxylation sites is 1. The third-order valence-electron chi connectivity index (χ3n) is 6.24. The predicted octanol–water partition coefficient (Wildman–Crippen LogP) is 4.22. The molecule has 146 valence electrons. The molecular weight excluding hydrogens is 348 g/mol. The van der Waals surface area contributed by atoms with Crippen LogP contribution in [0.4, 0.5) is 5.82 Å². The van der Waals surface area contributed by atoms with E-state index in [1.165, 1.54) is 0 Å². The molecule has 4 rings (SSSR count). The van der Waals surface area contributed by atoms with Gasteiger partial charge in [0.15, 0.2) is 5.78 Å². The van der Waals surface area contributed by atoms with Crippen LogP contribution in [0.2, 0.25) is 0 Å². The van der Waals surface area contributed by atoms with E-state index < -0.39 is 10.8 Å². The number of hydrogen-bond donors (Lipinski definition) is 0. The number of anilines is 1. The summed E-state index contributed by atoms with van der Waals surface area (Å²) >= 11 is 0. The Labute approximate surface area is 167 Å². The third kappa shape index (κ3) is 2.66. The lowest BCUT2D eigenvalue weighted by molar-refractivity contribution is -0.135. The van der Waals surface area contributed by atoms with Gasteiger partial charge in [-0.15, -0.1) is 0 Å². The maximum Gasteiger partial charge on any atom is 0.160 e. The molecule has 0 saturated carbocycles. The summed E-state index contributed by atoms with van der Waals surface area (Å²) in [5.41, 5.74) is 1.40. The zero-order chi connectivity index (χ0) is 20.1. The average molecular weight is 377 g/mol.